The van der Waals surface area contributed by atoms with Gasteiger partial charge in [-0.05, 0) is 19.1 Å². The Balaban J connectivity index is 3.79. The van der Waals surface area contributed by atoms with Crippen LogP contribution in [0.4, 0.5) is 0 Å². The van der Waals surface area contributed by atoms with Crippen LogP contribution in [0.1, 0.15) is 6.92 Å². The Labute approximate surface area is 49.2 Å². The van der Waals surface area contributed by atoms with Crippen molar-refractivity contribution in [3.8, 4) is 0 Å². The van der Waals surface area contributed by atoms with Gasteiger partial charge in [0.2, 0.25) is 0 Å². The van der Waals surface area contributed by atoms with E-state index in [-0.39, 0.29) is 0 Å². The molecule has 0 spiro atoms. The fraction of sp³-hybridized carbons (Fsp3) is 0.167. The molecule has 0 aliphatic rings. The average molecular weight is 110 g/mol. The summed E-state index contributed by atoms with van der Waals surface area (Å²) in [4.78, 5) is 0. The van der Waals surface area contributed by atoms with Gasteiger partial charge in [0.15, 0.2) is 0 Å². The molecule has 44 valence electrons. The zero-order valence-electron chi connectivity index (χ0n) is 4.89. The van der Waals surface area contributed by atoms with Gasteiger partial charge in [0, 0.05) is 11.9 Å². The SMILES string of the molecule is C/C=C/C(N)=CC=N. The molecule has 0 heterocycles. The highest BCUT2D eigenvalue weighted by molar-refractivity contribution is 5.69. The average Bonchev–Trinajstić information content (AvgIpc) is 1.68. The van der Waals surface area contributed by atoms with Crippen molar-refractivity contribution in [2.45, 2.75) is 6.92 Å². The number of nitrogens with one attached hydrogen (secondary N) is 1. The van der Waals surface area contributed by atoms with Gasteiger partial charge in [-0.2, -0.15) is 0 Å². The first kappa shape index (κ1) is 6.95. The van der Waals surface area contributed by atoms with Crippen LogP contribution >= 0.6 is 0 Å². The van der Waals surface area contributed by atoms with Crippen molar-refractivity contribution in [3.63, 3.8) is 0 Å². The Kier molecular flexibility index (Phi) is 3.58. The summed E-state index contributed by atoms with van der Waals surface area (Å²) in [6, 6.07) is 0. The van der Waals surface area contributed by atoms with Crippen molar-refractivity contribution in [3.05, 3.63) is 23.9 Å². The van der Waals surface area contributed by atoms with Gasteiger partial charge in [0.25, 0.3) is 0 Å². The van der Waals surface area contributed by atoms with E-state index in [4.69, 9.17) is 11.1 Å². The van der Waals surface area contributed by atoms with Gasteiger partial charge in [-0.1, -0.05) is 6.08 Å². The lowest BCUT2D eigenvalue weighted by Crippen LogP contribution is -1.91. The molecule has 0 aromatic heterocycles. The highest BCUT2D eigenvalue weighted by atomic mass is 14.6. The second kappa shape index (κ2) is 4.12. The second-order valence-corrected chi connectivity index (χ2v) is 1.33. The zero-order valence-corrected chi connectivity index (χ0v) is 4.89. The van der Waals surface area contributed by atoms with Crippen LogP contribution in [0.25, 0.3) is 0 Å². The minimum atomic E-state index is 0.613. The fourth-order valence-corrected chi connectivity index (χ4v) is 0.344. The lowest BCUT2D eigenvalue weighted by atomic mass is 10.4. The molecular weight excluding hydrogens is 100 g/mol. The molecule has 0 atom stereocenters. The first-order valence-corrected chi connectivity index (χ1v) is 2.40. The molecule has 0 saturated carbocycles. The van der Waals surface area contributed by atoms with Crippen molar-refractivity contribution >= 4 is 6.21 Å². The Morgan fingerprint density at radius 2 is 2.25 bits per heavy atom. The van der Waals surface area contributed by atoms with Gasteiger partial charge in [0.05, 0.1) is 0 Å². The Morgan fingerprint density at radius 1 is 1.62 bits per heavy atom. The molecule has 0 bridgehead atoms. The van der Waals surface area contributed by atoms with Crippen LogP contribution in [0.2, 0.25) is 0 Å². The van der Waals surface area contributed by atoms with E-state index in [0.29, 0.717) is 5.70 Å². The van der Waals surface area contributed by atoms with E-state index in [2.05, 4.69) is 0 Å². The quantitative estimate of drug-likeness (QED) is 0.405. The predicted octanol–water partition coefficient (Wildman–Crippen LogP) is 1.05. The molecule has 8 heavy (non-hydrogen) atoms. The zero-order chi connectivity index (χ0) is 6.41. The maximum atomic E-state index is 6.60. The van der Waals surface area contributed by atoms with Crippen molar-refractivity contribution in [2.75, 3.05) is 0 Å². The topological polar surface area (TPSA) is 49.9 Å². The number of rotatable bonds is 2. The lowest BCUT2D eigenvalue weighted by Gasteiger charge is -1.83. The van der Waals surface area contributed by atoms with Crippen LogP contribution in [-0.4, -0.2) is 6.21 Å². The summed E-state index contributed by atoms with van der Waals surface area (Å²) in [7, 11) is 0. The van der Waals surface area contributed by atoms with Crippen LogP contribution in [0.15, 0.2) is 23.9 Å². The number of allylic oxidation sites excluding steroid dienone is 3. The Bertz CT molecular complexity index is 122. The van der Waals surface area contributed by atoms with E-state index in [9.17, 15) is 0 Å². The highest BCUT2D eigenvalue weighted by Gasteiger charge is 1.72. The third-order valence-electron chi connectivity index (χ3n) is 0.635. The molecule has 0 saturated heterocycles. The van der Waals surface area contributed by atoms with Gasteiger partial charge in [-0.15, -0.1) is 0 Å². The minimum absolute atomic E-state index is 0.613. The van der Waals surface area contributed by atoms with Crippen molar-refractivity contribution in [2.24, 2.45) is 5.73 Å². The molecule has 0 aromatic carbocycles. The van der Waals surface area contributed by atoms with E-state index in [1.54, 1.807) is 6.08 Å². The van der Waals surface area contributed by atoms with Crippen LogP contribution in [0, 0.1) is 5.41 Å². The Morgan fingerprint density at radius 3 is 2.62 bits per heavy atom. The maximum absolute atomic E-state index is 6.60. The van der Waals surface area contributed by atoms with E-state index in [0.717, 1.165) is 6.21 Å². The monoisotopic (exact) mass is 110 g/mol. The van der Waals surface area contributed by atoms with Gasteiger partial charge >= 0.3 is 0 Å². The molecule has 2 nitrogen and oxygen atoms in total. The molecule has 0 unspecified atom stereocenters. The standard InChI is InChI=1S/C6H10N2/c1-2-3-6(8)4-5-7/h2-5,7H,8H2,1H3/b3-2+,6-4?,7-5?. The van der Waals surface area contributed by atoms with Crippen molar-refractivity contribution < 1.29 is 0 Å². The molecule has 3 N–H and O–H groups in total. The van der Waals surface area contributed by atoms with E-state index >= 15 is 0 Å². The summed E-state index contributed by atoms with van der Waals surface area (Å²) in [5.74, 6) is 0. The second-order valence-electron chi connectivity index (χ2n) is 1.33. The number of hydrogen-bond acceptors (Lipinski definition) is 2. The van der Waals surface area contributed by atoms with Gasteiger partial charge < -0.3 is 11.1 Å². The van der Waals surface area contributed by atoms with Gasteiger partial charge in [0.1, 0.15) is 0 Å². The fourth-order valence-electron chi connectivity index (χ4n) is 0.344. The summed E-state index contributed by atoms with van der Waals surface area (Å²) in [6.07, 6.45) is 6.26. The predicted molar refractivity (Wildman–Crippen MR) is 35.9 cm³/mol. The summed E-state index contributed by atoms with van der Waals surface area (Å²) in [5, 5.41) is 6.60. The highest BCUT2D eigenvalue weighted by Crippen LogP contribution is 1.81. The lowest BCUT2D eigenvalue weighted by molar-refractivity contribution is 1.42. The molecular formula is C6H10N2. The molecule has 0 rings (SSSR count). The molecule has 0 radical (unpaired) electrons. The van der Waals surface area contributed by atoms with Crippen LogP contribution in [0.3, 0.4) is 0 Å². The maximum Gasteiger partial charge on any atom is 0.0325 e. The summed E-state index contributed by atoms with van der Waals surface area (Å²) in [5.41, 5.74) is 5.93. The van der Waals surface area contributed by atoms with Gasteiger partial charge in [-0.25, -0.2) is 0 Å². The van der Waals surface area contributed by atoms with E-state index < -0.39 is 0 Å². The molecule has 0 aliphatic heterocycles. The van der Waals surface area contributed by atoms with Crippen LogP contribution < -0.4 is 5.73 Å². The number of nitrogens with two attached hydrogens (primary N) is 1. The molecule has 2 heteroatoms. The largest absolute Gasteiger partial charge is 0.399 e. The summed E-state index contributed by atoms with van der Waals surface area (Å²) in [6.45, 7) is 1.88. The molecule has 0 fully saturated rings. The third-order valence-corrected chi connectivity index (χ3v) is 0.635. The van der Waals surface area contributed by atoms with E-state index in [1.807, 2.05) is 13.0 Å². The first-order chi connectivity index (χ1) is 3.81. The summed E-state index contributed by atoms with van der Waals surface area (Å²) >= 11 is 0. The van der Waals surface area contributed by atoms with Gasteiger partial charge in [-0.3, -0.25) is 0 Å². The van der Waals surface area contributed by atoms with Crippen molar-refractivity contribution in [1.29, 1.82) is 5.41 Å². The number of hydrogen-bond donors (Lipinski definition) is 2. The first-order valence-electron chi connectivity index (χ1n) is 2.40. The van der Waals surface area contributed by atoms with Crippen LogP contribution in [-0.2, 0) is 0 Å². The minimum Gasteiger partial charge on any atom is -0.399 e. The summed E-state index contributed by atoms with van der Waals surface area (Å²) < 4.78 is 0. The Hall–Kier alpha value is -1.05. The third kappa shape index (κ3) is 3.15. The normalized spacial score (nSPS) is 12.4. The van der Waals surface area contributed by atoms with Crippen LogP contribution in [0.5, 0.6) is 0 Å². The van der Waals surface area contributed by atoms with Crippen molar-refractivity contribution in [1.82, 2.24) is 0 Å². The smallest absolute Gasteiger partial charge is 0.0325 e. The molecule has 0 aromatic rings. The molecule has 0 amide bonds. The molecule has 0 aliphatic carbocycles. The van der Waals surface area contributed by atoms with E-state index in [1.165, 1.54) is 6.08 Å².